The molecule has 0 radical (unpaired) electrons. The van der Waals surface area contributed by atoms with Crippen molar-refractivity contribution in [1.82, 2.24) is 5.32 Å². The molecule has 114 valence electrons. The largest absolute Gasteiger partial charge is 0.416 e. The lowest BCUT2D eigenvalue weighted by Crippen LogP contribution is -2.40. The van der Waals surface area contributed by atoms with Crippen molar-refractivity contribution in [2.24, 2.45) is 0 Å². The number of hydrogen-bond donors (Lipinski definition) is 1. The third-order valence-electron chi connectivity index (χ3n) is 3.39. The molecular formula is C13H15ClF5N. The van der Waals surface area contributed by atoms with Gasteiger partial charge < -0.3 is 5.32 Å². The molecule has 1 heterocycles. The third kappa shape index (κ3) is 4.06. The van der Waals surface area contributed by atoms with Crippen molar-refractivity contribution in [2.75, 3.05) is 13.1 Å². The van der Waals surface area contributed by atoms with E-state index in [1.807, 2.05) is 0 Å². The van der Waals surface area contributed by atoms with Crippen molar-refractivity contribution in [3.8, 4) is 0 Å². The van der Waals surface area contributed by atoms with Crippen LogP contribution in [0.15, 0.2) is 18.2 Å². The summed E-state index contributed by atoms with van der Waals surface area (Å²) < 4.78 is 65.1. The minimum absolute atomic E-state index is 0. The van der Waals surface area contributed by atoms with Gasteiger partial charge in [0.15, 0.2) is 0 Å². The summed E-state index contributed by atoms with van der Waals surface area (Å²) in [5.41, 5.74) is -2.59. The van der Waals surface area contributed by atoms with Crippen LogP contribution in [0.5, 0.6) is 0 Å². The molecule has 0 spiro atoms. The van der Waals surface area contributed by atoms with E-state index in [0.717, 1.165) is 12.1 Å². The van der Waals surface area contributed by atoms with Gasteiger partial charge in [0.25, 0.3) is 0 Å². The van der Waals surface area contributed by atoms with Crippen LogP contribution in [0.25, 0.3) is 0 Å². The second-order valence-electron chi connectivity index (χ2n) is 4.88. The van der Waals surface area contributed by atoms with Gasteiger partial charge in [-0.1, -0.05) is 6.07 Å². The van der Waals surface area contributed by atoms with Crippen LogP contribution >= 0.6 is 12.4 Å². The molecule has 0 saturated carbocycles. The van der Waals surface area contributed by atoms with Gasteiger partial charge in [0.05, 0.1) is 5.56 Å². The summed E-state index contributed by atoms with van der Waals surface area (Å²) in [5.74, 6) is -0.995. The van der Waals surface area contributed by atoms with Gasteiger partial charge >= 0.3 is 6.18 Å². The molecule has 1 aromatic carbocycles. The first-order valence-electron chi connectivity index (χ1n) is 6.05. The Bertz CT molecular complexity index is 455. The fraction of sp³-hybridized carbons (Fsp3) is 0.538. The highest BCUT2D eigenvalue weighted by atomic mass is 35.5. The summed E-state index contributed by atoms with van der Waals surface area (Å²) in [6.45, 7) is 0.998. The molecular weight excluding hydrogens is 301 g/mol. The summed E-state index contributed by atoms with van der Waals surface area (Å²) >= 11 is 0. The van der Waals surface area contributed by atoms with Gasteiger partial charge in [0, 0.05) is 6.42 Å². The molecule has 7 heteroatoms. The zero-order valence-corrected chi connectivity index (χ0v) is 11.4. The Labute approximate surface area is 120 Å². The lowest BCUT2D eigenvalue weighted by atomic mass is 9.87. The highest BCUT2D eigenvalue weighted by Gasteiger charge is 2.34. The second kappa shape index (κ2) is 6.26. The van der Waals surface area contributed by atoms with Crippen LogP contribution in [0, 0.1) is 5.82 Å². The van der Waals surface area contributed by atoms with Crippen molar-refractivity contribution in [3.05, 3.63) is 35.1 Å². The quantitative estimate of drug-likeness (QED) is 0.816. The van der Waals surface area contributed by atoms with E-state index in [9.17, 15) is 22.0 Å². The van der Waals surface area contributed by atoms with Crippen molar-refractivity contribution >= 4 is 12.4 Å². The molecule has 1 nitrogen and oxygen atoms in total. The van der Waals surface area contributed by atoms with Crippen LogP contribution in [-0.4, -0.2) is 18.8 Å². The van der Waals surface area contributed by atoms with Crippen molar-refractivity contribution in [2.45, 2.75) is 31.1 Å². The average molecular weight is 316 g/mol. The molecule has 0 aromatic heterocycles. The van der Waals surface area contributed by atoms with Gasteiger partial charge in [0.2, 0.25) is 0 Å². The standard InChI is InChI=1S/C13H14F5N.ClH/c14-11-7-10(13(16,17)18)2-1-9(11)8-12(15)3-5-19-6-4-12;/h1-2,7,19H,3-6,8H2;1H. The third-order valence-corrected chi connectivity index (χ3v) is 3.39. The van der Waals surface area contributed by atoms with Crippen LogP contribution in [0.1, 0.15) is 24.0 Å². The normalized spacial score (nSPS) is 18.4. The average Bonchev–Trinajstić information content (AvgIpc) is 2.31. The predicted octanol–water partition coefficient (Wildman–Crippen LogP) is 3.90. The van der Waals surface area contributed by atoms with Crippen LogP contribution in [-0.2, 0) is 12.6 Å². The Kier molecular flexibility index (Phi) is 5.38. The van der Waals surface area contributed by atoms with E-state index in [1.165, 1.54) is 0 Å². The van der Waals surface area contributed by atoms with E-state index in [-0.39, 0.29) is 37.2 Å². The summed E-state index contributed by atoms with van der Waals surface area (Å²) in [5, 5.41) is 2.99. The summed E-state index contributed by atoms with van der Waals surface area (Å²) in [6, 6.07) is 2.25. The number of nitrogens with one attached hydrogen (secondary N) is 1. The molecule has 0 atom stereocenters. The maximum absolute atomic E-state index is 14.3. The minimum atomic E-state index is -4.58. The highest BCUT2D eigenvalue weighted by molar-refractivity contribution is 5.85. The number of piperidine rings is 1. The zero-order chi connectivity index (χ0) is 14.1. The lowest BCUT2D eigenvalue weighted by Gasteiger charge is -2.30. The van der Waals surface area contributed by atoms with Gasteiger partial charge in [-0.05, 0) is 43.6 Å². The summed E-state index contributed by atoms with van der Waals surface area (Å²) in [6.07, 6.45) is -4.28. The number of halogens is 6. The van der Waals surface area contributed by atoms with Crippen LogP contribution in [0.2, 0.25) is 0 Å². The molecule has 2 rings (SSSR count). The summed E-state index contributed by atoms with van der Waals surface area (Å²) in [7, 11) is 0. The molecule has 0 aliphatic carbocycles. The first-order valence-corrected chi connectivity index (χ1v) is 6.05. The van der Waals surface area contributed by atoms with Gasteiger partial charge in [-0.2, -0.15) is 13.2 Å². The second-order valence-corrected chi connectivity index (χ2v) is 4.88. The van der Waals surface area contributed by atoms with Crippen molar-refractivity contribution in [1.29, 1.82) is 0 Å². The molecule has 20 heavy (non-hydrogen) atoms. The molecule has 0 unspecified atom stereocenters. The van der Waals surface area contributed by atoms with E-state index < -0.39 is 23.2 Å². The van der Waals surface area contributed by atoms with Gasteiger partial charge in [-0.25, -0.2) is 8.78 Å². The maximum Gasteiger partial charge on any atom is 0.416 e. The Hall–Kier alpha value is -0.880. The molecule has 1 aromatic rings. The molecule has 0 bridgehead atoms. The SMILES string of the molecule is Cl.Fc1cc(C(F)(F)F)ccc1CC1(F)CCNCC1. The van der Waals surface area contributed by atoms with Gasteiger partial charge in [-0.15, -0.1) is 12.4 Å². The minimum Gasteiger partial charge on any atom is -0.316 e. The fourth-order valence-corrected chi connectivity index (χ4v) is 2.26. The smallest absolute Gasteiger partial charge is 0.316 e. The Morgan fingerprint density at radius 2 is 1.75 bits per heavy atom. The van der Waals surface area contributed by atoms with Crippen LogP contribution in [0.4, 0.5) is 22.0 Å². The van der Waals surface area contributed by atoms with E-state index in [0.29, 0.717) is 19.2 Å². The fourth-order valence-electron chi connectivity index (χ4n) is 2.26. The summed E-state index contributed by atoms with van der Waals surface area (Å²) in [4.78, 5) is 0. The van der Waals surface area contributed by atoms with E-state index >= 15 is 0 Å². The molecule has 1 N–H and O–H groups in total. The highest BCUT2D eigenvalue weighted by Crippen LogP contribution is 2.33. The van der Waals surface area contributed by atoms with Crippen molar-refractivity contribution in [3.63, 3.8) is 0 Å². The number of benzene rings is 1. The van der Waals surface area contributed by atoms with E-state index in [4.69, 9.17) is 0 Å². The lowest BCUT2D eigenvalue weighted by molar-refractivity contribution is -0.137. The monoisotopic (exact) mass is 315 g/mol. The molecule has 1 aliphatic heterocycles. The van der Waals surface area contributed by atoms with Crippen LogP contribution in [0.3, 0.4) is 0 Å². The molecule has 1 fully saturated rings. The Morgan fingerprint density at radius 3 is 2.25 bits per heavy atom. The topological polar surface area (TPSA) is 12.0 Å². The molecule has 1 aliphatic rings. The predicted molar refractivity (Wildman–Crippen MR) is 68.3 cm³/mol. The Balaban J connectivity index is 0.00000200. The van der Waals surface area contributed by atoms with E-state index in [2.05, 4.69) is 5.32 Å². The molecule has 1 saturated heterocycles. The molecule has 0 amide bonds. The van der Waals surface area contributed by atoms with Crippen LogP contribution < -0.4 is 5.32 Å². The van der Waals surface area contributed by atoms with Gasteiger partial charge in [-0.3, -0.25) is 0 Å². The first-order chi connectivity index (χ1) is 8.80. The maximum atomic E-state index is 14.3. The Morgan fingerprint density at radius 1 is 1.15 bits per heavy atom. The first kappa shape index (κ1) is 17.2. The number of alkyl halides is 4. The van der Waals surface area contributed by atoms with Crippen molar-refractivity contribution < 1.29 is 22.0 Å². The van der Waals surface area contributed by atoms with Gasteiger partial charge in [0.1, 0.15) is 11.5 Å². The number of rotatable bonds is 2. The number of hydrogen-bond acceptors (Lipinski definition) is 1. The zero-order valence-electron chi connectivity index (χ0n) is 10.6. The van der Waals surface area contributed by atoms with E-state index in [1.54, 1.807) is 0 Å².